The second-order valence-electron chi connectivity index (χ2n) is 9.21. The van der Waals surface area contributed by atoms with Gasteiger partial charge in [-0.25, -0.2) is 4.39 Å². The van der Waals surface area contributed by atoms with Gasteiger partial charge < -0.3 is 9.64 Å². The number of hydrogen-bond acceptors (Lipinski definition) is 3. The van der Waals surface area contributed by atoms with Gasteiger partial charge in [-0.2, -0.15) is 0 Å². The first-order valence-corrected chi connectivity index (χ1v) is 11.2. The number of halogens is 1. The van der Waals surface area contributed by atoms with E-state index in [0.29, 0.717) is 6.54 Å². The van der Waals surface area contributed by atoms with Gasteiger partial charge in [-0.05, 0) is 55.2 Å². The van der Waals surface area contributed by atoms with Crippen LogP contribution in [-0.2, 0) is 11.3 Å². The Morgan fingerprint density at radius 1 is 1.13 bits per heavy atom. The van der Waals surface area contributed by atoms with Crippen LogP contribution in [0.5, 0.6) is 5.75 Å². The molecule has 2 aromatic rings. The number of carbonyl (C=O) groups is 1. The summed E-state index contributed by atoms with van der Waals surface area (Å²) in [7, 11) is 1.68. The first-order valence-electron chi connectivity index (χ1n) is 11.2. The summed E-state index contributed by atoms with van der Waals surface area (Å²) in [6.45, 7) is 11.2. The van der Waals surface area contributed by atoms with E-state index in [2.05, 4.69) is 30.9 Å². The van der Waals surface area contributed by atoms with Crippen molar-refractivity contribution in [3.05, 3.63) is 65.5 Å². The summed E-state index contributed by atoms with van der Waals surface area (Å²) in [5.74, 6) is 1.22. The van der Waals surface area contributed by atoms with Crippen LogP contribution >= 0.6 is 0 Å². The summed E-state index contributed by atoms with van der Waals surface area (Å²) in [6, 6.07) is 15.2. The third-order valence-electron chi connectivity index (χ3n) is 6.17. The fourth-order valence-electron chi connectivity index (χ4n) is 4.56. The Morgan fingerprint density at radius 3 is 2.52 bits per heavy atom. The first-order chi connectivity index (χ1) is 14.8. The van der Waals surface area contributed by atoms with E-state index in [1.165, 1.54) is 11.6 Å². The Hall–Kier alpha value is -2.40. The van der Waals surface area contributed by atoms with Crippen LogP contribution in [0.25, 0.3) is 0 Å². The monoisotopic (exact) mass is 426 g/mol. The Bertz CT molecular complexity index is 883. The Balaban J connectivity index is 1.83. The second kappa shape index (κ2) is 10.3. The number of hydrogen-bond donors (Lipinski definition) is 0. The lowest BCUT2D eigenvalue weighted by molar-refractivity contribution is -0.136. The van der Waals surface area contributed by atoms with Gasteiger partial charge in [0.2, 0.25) is 5.91 Å². The molecule has 0 radical (unpaired) electrons. The SMILES string of the molecule is COc1cccc(CN2C[C@H](CN(C(=O)C(C)C)C(C)C)[C@@H](c3cccc(F)c3)C2)c1. The van der Waals surface area contributed by atoms with Crippen LogP contribution in [0, 0.1) is 17.7 Å². The topological polar surface area (TPSA) is 32.8 Å². The molecular weight excluding hydrogens is 391 g/mol. The highest BCUT2D eigenvalue weighted by atomic mass is 19.1. The van der Waals surface area contributed by atoms with Crippen molar-refractivity contribution in [3.8, 4) is 5.75 Å². The first kappa shape index (κ1) is 23.3. The molecule has 0 bridgehead atoms. The molecule has 1 heterocycles. The molecule has 3 rings (SSSR count). The van der Waals surface area contributed by atoms with Crippen molar-refractivity contribution in [1.29, 1.82) is 0 Å². The molecule has 0 N–H and O–H groups in total. The van der Waals surface area contributed by atoms with E-state index < -0.39 is 0 Å². The number of amides is 1. The van der Waals surface area contributed by atoms with E-state index in [-0.39, 0.29) is 35.5 Å². The Labute approximate surface area is 186 Å². The standard InChI is InChI=1S/C26H35FN2O2/c1-18(2)26(30)29(19(3)4)16-22-15-28(14-20-8-6-11-24(12-20)31-5)17-25(22)21-9-7-10-23(27)13-21/h6-13,18-19,22,25H,14-17H2,1-5H3/t22-,25-/m1/s1. The average Bonchev–Trinajstić information content (AvgIpc) is 3.13. The van der Waals surface area contributed by atoms with E-state index in [9.17, 15) is 9.18 Å². The number of nitrogens with zero attached hydrogens (tertiary/aromatic N) is 2. The van der Waals surface area contributed by atoms with Crippen LogP contribution in [0.3, 0.4) is 0 Å². The lowest BCUT2D eigenvalue weighted by Gasteiger charge is -2.33. The maximum atomic E-state index is 14.0. The van der Waals surface area contributed by atoms with Crippen LogP contribution in [-0.4, -0.2) is 48.5 Å². The number of methoxy groups -OCH3 is 1. The zero-order valence-corrected chi connectivity index (χ0v) is 19.3. The number of likely N-dealkylation sites (tertiary alicyclic amines) is 1. The minimum Gasteiger partial charge on any atom is -0.497 e. The highest BCUT2D eigenvalue weighted by Gasteiger charge is 2.36. The molecule has 2 aromatic carbocycles. The van der Waals surface area contributed by atoms with Crippen LogP contribution in [0.1, 0.15) is 44.7 Å². The summed E-state index contributed by atoms with van der Waals surface area (Å²) >= 11 is 0. The third kappa shape index (κ3) is 5.85. The van der Waals surface area contributed by atoms with Crippen molar-refractivity contribution in [3.63, 3.8) is 0 Å². The number of ether oxygens (including phenoxy) is 1. The lowest BCUT2D eigenvalue weighted by atomic mass is 9.88. The molecule has 1 fully saturated rings. The Kier molecular flexibility index (Phi) is 7.71. The zero-order chi connectivity index (χ0) is 22.5. The van der Waals surface area contributed by atoms with Crippen molar-refractivity contribution in [2.75, 3.05) is 26.7 Å². The van der Waals surface area contributed by atoms with Gasteiger partial charge in [0.05, 0.1) is 7.11 Å². The molecule has 0 saturated carbocycles. The van der Waals surface area contributed by atoms with Crippen LogP contribution in [0.4, 0.5) is 4.39 Å². The van der Waals surface area contributed by atoms with Gasteiger partial charge in [0.15, 0.2) is 0 Å². The molecule has 2 atom stereocenters. The zero-order valence-electron chi connectivity index (χ0n) is 19.3. The molecule has 1 saturated heterocycles. The van der Waals surface area contributed by atoms with E-state index >= 15 is 0 Å². The predicted molar refractivity (Wildman–Crippen MR) is 123 cm³/mol. The number of carbonyl (C=O) groups excluding carboxylic acids is 1. The minimum absolute atomic E-state index is 0.0377. The molecule has 0 aliphatic carbocycles. The third-order valence-corrected chi connectivity index (χ3v) is 6.17. The van der Waals surface area contributed by atoms with Crippen LogP contribution in [0.2, 0.25) is 0 Å². The normalized spacial score (nSPS) is 19.2. The summed E-state index contributed by atoms with van der Waals surface area (Å²) < 4.78 is 19.4. The molecule has 1 aliphatic heterocycles. The molecule has 168 valence electrons. The van der Waals surface area contributed by atoms with Gasteiger partial charge >= 0.3 is 0 Å². The van der Waals surface area contributed by atoms with Crippen LogP contribution in [0.15, 0.2) is 48.5 Å². The molecule has 0 unspecified atom stereocenters. The highest BCUT2D eigenvalue weighted by Crippen LogP contribution is 2.35. The summed E-state index contributed by atoms with van der Waals surface area (Å²) in [5.41, 5.74) is 2.20. The van der Waals surface area contributed by atoms with Gasteiger partial charge in [-0.15, -0.1) is 0 Å². The van der Waals surface area contributed by atoms with Gasteiger partial charge in [0, 0.05) is 44.1 Å². The van der Waals surface area contributed by atoms with E-state index in [4.69, 9.17) is 4.74 Å². The second-order valence-corrected chi connectivity index (χ2v) is 9.21. The largest absolute Gasteiger partial charge is 0.497 e. The molecule has 1 amide bonds. The van der Waals surface area contributed by atoms with Gasteiger partial charge in [0.25, 0.3) is 0 Å². The molecule has 31 heavy (non-hydrogen) atoms. The van der Waals surface area contributed by atoms with Gasteiger partial charge in [-0.1, -0.05) is 38.1 Å². The molecule has 5 heteroatoms. The van der Waals surface area contributed by atoms with E-state index in [0.717, 1.165) is 30.9 Å². The molecule has 1 aliphatic rings. The number of benzene rings is 2. The van der Waals surface area contributed by atoms with Crippen molar-refractivity contribution in [2.45, 2.75) is 46.2 Å². The molecular formula is C26H35FN2O2. The van der Waals surface area contributed by atoms with Gasteiger partial charge in [0.1, 0.15) is 11.6 Å². The fourth-order valence-corrected chi connectivity index (χ4v) is 4.56. The molecule has 4 nitrogen and oxygen atoms in total. The van der Waals surface area contributed by atoms with Crippen LogP contribution < -0.4 is 4.74 Å². The van der Waals surface area contributed by atoms with Gasteiger partial charge in [-0.3, -0.25) is 9.69 Å². The predicted octanol–water partition coefficient (Wildman–Crippen LogP) is 4.94. The van der Waals surface area contributed by atoms with E-state index in [1.54, 1.807) is 19.2 Å². The van der Waals surface area contributed by atoms with E-state index in [1.807, 2.05) is 36.9 Å². The fraction of sp³-hybridized carbons (Fsp3) is 0.500. The van der Waals surface area contributed by atoms with Crippen molar-refractivity contribution in [2.24, 2.45) is 11.8 Å². The minimum atomic E-state index is -0.207. The highest BCUT2D eigenvalue weighted by molar-refractivity contribution is 5.78. The molecule has 0 spiro atoms. The maximum absolute atomic E-state index is 14.0. The smallest absolute Gasteiger partial charge is 0.225 e. The van der Waals surface area contributed by atoms with Crippen molar-refractivity contribution < 1.29 is 13.9 Å². The molecule has 0 aromatic heterocycles. The van der Waals surface area contributed by atoms with Crippen molar-refractivity contribution in [1.82, 2.24) is 9.80 Å². The average molecular weight is 427 g/mol. The van der Waals surface area contributed by atoms with Crippen molar-refractivity contribution >= 4 is 5.91 Å². The maximum Gasteiger partial charge on any atom is 0.225 e. The lowest BCUT2D eigenvalue weighted by Crippen LogP contribution is -2.43. The Morgan fingerprint density at radius 2 is 1.87 bits per heavy atom. The summed E-state index contributed by atoms with van der Waals surface area (Å²) in [4.78, 5) is 17.3. The summed E-state index contributed by atoms with van der Waals surface area (Å²) in [6.07, 6.45) is 0. The quantitative estimate of drug-likeness (QED) is 0.599. The number of rotatable bonds is 8. The summed E-state index contributed by atoms with van der Waals surface area (Å²) in [5, 5.41) is 0.